The lowest BCUT2D eigenvalue weighted by atomic mass is 10.2. The minimum Gasteiger partial charge on any atom is -0.494 e. The summed E-state index contributed by atoms with van der Waals surface area (Å²) in [5, 5.41) is 19.0. The number of methoxy groups -OCH3 is 1. The number of nitrogens with zero attached hydrogens (tertiary/aromatic N) is 1. The molecule has 0 unspecified atom stereocenters. The number of carbonyl (C=O) groups excluding carboxylic acids is 1. The molecule has 2 aromatic rings. The summed E-state index contributed by atoms with van der Waals surface area (Å²) < 4.78 is 12.0. The first-order chi connectivity index (χ1) is 9.65. The van der Waals surface area contributed by atoms with Crippen molar-refractivity contribution in [1.29, 1.82) is 0 Å². The van der Waals surface area contributed by atoms with Gasteiger partial charge in [0.15, 0.2) is 23.3 Å². The van der Waals surface area contributed by atoms with Crippen LogP contribution in [0.25, 0.3) is 0 Å². The molecule has 0 saturated heterocycles. The van der Waals surface area contributed by atoms with E-state index in [4.69, 9.17) is 9.47 Å². The van der Waals surface area contributed by atoms with Crippen LogP contribution in [-0.4, -0.2) is 34.8 Å². The van der Waals surface area contributed by atoms with E-state index in [-0.39, 0.29) is 24.9 Å². The van der Waals surface area contributed by atoms with Gasteiger partial charge in [0.05, 0.1) is 13.7 Å². The summed E-state index contributed by atoms with van der Waals surface area (Å²) in [5.41, 5.74) is 0.495. The van der Waals surface area contributed by atoms with E-state index in [0.29, 0.717) is 17.1 Å². The Bertz CT molecular complexity index is 586. The van der Waals surface area contributed by atoms with Crippen LogP contribution >= 0.6 is 0 Å². The Balaban J connectivity index is 2.02. The monoisotopic (exact) mass is 277 g/mol. The van der Waals surface area contributed by atoms with E-state index in [1.807, 2.05) is 0 Å². The van der Waals surface area contributed by atoms with Crippen LogP contribution in [0.15, 0.2) is 30.3 Å². The lowest BCUT2D eigenvalue weighted by molar-refractivity contribution is 0.112. The van der Waals surface area contributed by atoms with Gasteiger partial charge in [-0.1, -0.05) is 0 Å². The minimum absolute atomic E-state index is 0.0330. The van der Waals surface area contributed by atoms with Gasteiger partial charge in [-0.2, -0.15) is 0 Å². The molecule has 0 spiro atoms. The van der Waals surface area contributed by atoms with Crippen LogP contribution in [0.2, 0.25) is 0 Å². The Labute approximate surface area is 115 Å². The number of hydrogen-bond donors (Lipinski definition) is 2. The quantitative estimate of drug-likeness (QED) is 0.787. The first kappa shape index (κ1) is 13.8. The standard InChI is InChI=1S/C14H15NO5/c1-19-12-8-10(9-16)2-3-11(12)20-7-6-15-13(17)4-5-14(15)18/h2-5,8-9,17-18H,6-7H2,1H3. The molecule has 0 atom stereocenters. The molecule has 20 heavy (non-hydrogen) atoms. The lowest BCUT2D eigenvalue weighted by Crippen LogP contribution is -2.08. The highest BCUT2D eigenvalue weighted by molar-refractivity contribution is 5.76. The molecule has 6 nitrogen and oxygen atoms in total. The van der Waals surface area contributed by atoms with Gasteiger partial charge in [0.1, 0.15) is 12.9 Å². The van der Waals surface area contributed by atoms with Crippen LogP contribution in [0.1, 0.15) is 10.4 Å². The van der Waals surface area contributed by atoms with Crippen molar-refractivity contribution in [2.24, 2.45) is 0 Å². The summed E-state index contributed by atoms with van der Waals surface area (Å²) in [6, 6.07) is 7.63. The molecule has 0 fully saturated rings. The van der Waals surface area contributed by atoms with Crippen molar-refractivity contribution in [3.8, 4) is 23.3 Å². The zero-order chi connectivity index (χ0) is 14.5. The summed E-state index contributed by atoms with van der Waals surface area (Å²) in [4.78, 5) is 10.7. The Kier molecular flexibility index (Phi) is 4.14. The second kappa shape index (κ2) is 6.01. The van der Waals surface area contributed by atoms with Gasteiger partial charge < -0.3 is 19.7 Å². The number of carbonyl (C=O) groups is 1. The van der Waals surface area contributed by atoms with E-state index in [0.717, 1.165) is 6.29 Å². The van der Waals surface area contributed by atoms with E-state index < -0.39 is 0 Å². The number of aromatic nitrogens is 1. The first-order valence-electron chi connectivity index (χ1n) is 5.99. The van der Waals surface area contributed by atoms with Crippen molar-refractivity contribution >= 4 is 6.29 Å². The second-order valence-corrected chi connectivity index (χ2v) is 4.08. The van der Waals surface area contributed by atoms with Crippen LogP contribution in [0.4, 0.5) is 0 Å². The number of rotatable bonds is 6. The van der Waals surface area contributed by atoms with Gasteiger partial charge >= 0.3 is 0 Å². The molecule has 0 saturated carbocycles. The van der Waals surface area contributed by atoms with Crippen LogP contribution in [0.3, 0.4) is 0 Å². The van der Waals surface area contributed by atoms with Gasteiger partial charge in [-0.15, -0.1) is 0 Å². The lowest BCUT2D eigenvalue weighted by Gasteiger charge is -2.12. The predicted molar refractivity (Wildman–Crippen MR) is 71.6 cm³/mol. The zero-order valence-corrected chi connectivity index (χ0v) is 10.9. The van der Waals surface area contributed by atoms with Crippen molar-refractivity contribution in [3.05, 3.63) is 35.9 Å². The molecule has 1 heterocycles. The Morgan fingerprint density at radius 2 is 1.85 bits per heavy atom. The molecular formula is C14H15NO5. The maximum atomic E-state index is 10.7. The SMILES string of the molecule is COc1cc(C=O)ccc1OCCn1c(O)ccc1O. The van der Waals surface area contributed by atoms with Crippen molar-refractivity contribution in [3.63, 3.8) is 0 Å². The summed E-state index contributed by atoms with van der Waals surface area (Å²) >= 11 is 0. The molecular weight excluding hydrogens is 262 g/mol. The third-order valence-corrected chi connectivity index (χ3v) is 2.83. The van der Waals surface area contributed by atoms with E-state index in [1.54, 1.807) is 18.2 Å². The maximum absolute atomic E-state index is 10.7. The van der Waals surface area contributed by atoms with E-state index in [9.17, 15) is 15.0 Å². The van der Waals surface area contributed by atoms with Crippen LogP contribution in [0.5, 0.6) is 23.3 Å². The molecule has 0 bridgehead atoms. The van der Waals surface area contributed by atoms with E-state index >= 15 is 0 Å². The van der Waals surface area contributed by atoms with Crippen LogP contribution in [-0.2, 0) is 6.54 Å². The highest BCUT2D eigenvalue weighted by Crippen LogP contribution is 2.28. The van der Waals surface area contributed by atoms with Gasteiger partial charge in [-0.3, -0.25) is 9.36 Å². The highest BCUT2D eigenvalue weighted by atomic mass is 16.5. The smallest absolute Gasteiger partial charge is 0.193 e. The van der Waals surface area contributed by atoms with Crippen molar-refractivity contribution in [2.45, 2.75) is 6.54 Å². The molecule has 1 aromatic carbocycles. The molecule has 1 aromatic heterocycles. The fourth-order valence-corrected chi connectivity index (χ4v) is 1.80. The van der Waals surface area contributed by atoms with Crippen LogP contribution < -0.4 is 9.47 Å². The number of ether oxygens (including phenoxy) is 2. The predicted octanol–water partition coefficient (Wildman–Crippen LogP) is 1.80. The second-order valence-electron chi connectivity index (χ2n) is 4.08. The number of aldehydes is 1. The third-order valence-electron chi connectivity index (χ3n) is 2.83. The average Bonchev–Trinajstić information content (AvgIpc) is 2.79. The molecule has 2 N–H and O–H groups in total. The zero-order valence-electron chi connectivity index (χ0n) is 10.9. The molecule has 0 aliphatic carbocycles. The highest BCUT2D eigenvalue weighted by Gasteiger charge is 2.08. The fourth-order valence-electron chi connectivity index (χ4n) is 1.80. The van der Waals surface area contributed by atoms with Gasteiger partial charge in [-0.05, 0) is 18.2 Å². The minimum atomic E-state index is -0.0330. The Morgan fingerprint density at radius 3 is 2.45 bits per heavy atom. The maximum Gasteiger partial charge on any atom is 0.193 e. The van der Waals surface area contributed by atoms with Crippen LogP contribution in [0, 0.1) is 0 Å². The average molecular weight is 277 g/mol. The van der Waals surface area contributed by atoms with Crippen molar-refractivity contribution in [2.75, 3.05) is 13.7 Å². The molecule has 0 amide bonds. The Hall–Kier alpha value is -2.63. The summed E-state index contributed by atoms with van der Waals surface area (Å²) in [6.07, 6.45) is 0.724. The Morgan fingerprint density at radius 1 is 1.15 bits per heavy atom. The van der Waals surface area contributed by atoms with Gasteiger partial charge in [0.25, 0.3) is 0 Å². The molecule has 106 valence electrons. The van der Waals surface area contributed by atoms with Gasteiger partial charge in [-0.25, -0.2) is 0 Å². The topological polar surface area (TPSA) is 80.9 Å². The first-order valence-corrected chi connectivity index (χ1v) is 5.99. The molecule has 2 rings (SSSR count). The third kappa shape index (κ3) is 2.85. The molecule has 0 radical (unpaired) electrons. The van der Waals surface area contributed by atoms with E-state index in [2.05, 4.69) is 0 Å². The van der Waals surface area contributed by atoms with E-state index in [1.165, 1.54) is 23.8 Å². The molecule has 0 aliphatic heterocycles. The largest absolute Gasteiger partial charge is 0.494 e. The van der Waals surface area contributed by atoms with Gasteiger partial charge in [0, 0.05) is 17.7 Å². The van der Waals surface area contributed by atoms with Crippen molar-refractivity contribution < 1.29 is 24.5 Å². The molecule has 0 aliphatic rings. The summed E-state index contributed by atoms with van der Waals surface area (Å²) in [7, 11) is 1.49. The fraction of sp³-hybridized carbons (Fsp3) is 0.214. The number of hydrogen-bond acceptors (Lipinski definition) is 5. The summed E-state index contributed by atoms with van der Waals surface area (Å²) in [6.45, 7) is 0.510. The number of benzene rings is 1. The van der Waals surface area contributed by atoms with Gasteiger partial charge in [0.2, 0.25) is 0 Å². The summed E-state index contributed by atoms with van der Waals surface area (Å²) in [5.74, 6) is 0.878. The normalized spacial score (nSPS) is 10.2. The number of aromatic hydroxyl groups is 2. The van der Waals surface area contributed by atoms with Crippen molar-refractivity contribution in [1.82, 2.24) is 4.57 Å². The molecule has 6 heteroatoms.